The molecule has 0 saturated heterocycles. The molecular weight excluding hydrogens is 414 g/mol. The highest BCUT2D eigenvalue weighted by Crippen LogP contribution is 2.27. The van der Waals surface area contributed by atoms with Crippen molar-refractivity contribution in [2.75, 3.05) is 6.61 Å². The molecule has 0 aliphatic heterocycles. The topological polar surface area (TPSA) is 68.5 Å². The van der Waals surface area contributed by atoms with Gasteiger partial charge in [0.25, 0.3) is 5.91 Å². The maximum absolute atomic E-state index is 13.5. The van der Waals surface area contributed by atoms with E-state index < -0.39 is 5.97 Å². The van der Waals surface area contributed by atoms with Crippen LogP contribution in [0.1, 0.15) is 40.0 Å². The molecule has 1 aromatic heterocycles. The van der Waals surface area contributed by atoms with E-state index in [0.29, 0.717) is 29.0 Å². The van der Waals surface area contributed by atoms with Crippen molar-refractivity contribution in [1.82, 2.24) is 4.57 Å². The van der Waals surface area contributed by atoms with Crippen molar-refractivity contribution in [2.24, 2.45) is 0 Å². The monoisotopic (exact) mass is 441 g/mol. The Hall–Kier alpha value is -3.86. The van der Waals surface area contributed by atoms with Crippen molar-refractivity contribution < 1.29 is 19.4 Å². The molecule has 0 radical (unpaired) electrons. The van der Waals surface area contributed by atoms with Crippen LogP contribution in [0.2, 0.25) is 0 Å². The van der Waals surface area contributed by atoms with Gasteiger partial charge in [-0.1, -0.05) is 54.6 Å². The fourth-order valence-electron chi connectivity index (χ4n) is 4.16. The molecule has 3 aromatic carbocycles. The van der Waals surface area contributed by atoms with Crippen LogP contribution in [0.15, 0.2) is 78.9 Å². The van der Waals surface area contributed by atoms with E-state index in [-0.39, 0.29) is 12.3 Å². The third-order valence-corrected chi connectivity index (χ3v) is 5.74. The number of fused-ring (bicyclic) bond motifs is 1. The minimum absolute atomic E-state index is 0.0857. The molecule has 0 unspecified atom stereocenters. The van der Waals surface area contributed by atoms with Crippen molar-refractivity contribution >= 4 is 22.8 Å². The van der Waals surface area contributed by atoms with Crippen molar-refractivity contribution in [3.05, 3.63) is 101 Å². The predicted octanol–water partition coefficient (Wildman–Crippen LogP) is 5.67. The second kappa shape index (κ2) is 10.2. The van der Waals surface area contributed by atoms with Gasteiger partial charge < -0.3 is 9.84 Å². The predicted molar refractivity (Wildman–Crippen MR) is 129 cm³/mol. The Bertz CT molecular complexity index is 1270. The van der Waals surface area contributed by atoms with Crippen LogP contribution in [0.5, 0.6) is 5.75 Å². The zero-order valence-corrected chi connectivity index (χ0v) is 18.7. The number of carbonyl (C=O) groups is 2. The molecule has 4 rings (SSSR count). The number of para-hydroxylation sites is 1. The Kier molecular flexibility index (Phi) is 6.89. The largest absolute Gasteiger partial charge is 0.493 e. The molecule has 5 heteroatoms. The first-order chi connectivity index (χ1) is 16.0. The lowest BCUT2D eigenvalue weighted by Gasteiger charge is -2.13. The number of carboxylic acids is 1. The summed E-state index contributed by atoms with van der Waals surface area (Å²) in [7, 11) is 0. The molecule has 0 aliphatic carbocycles. The minimum atomic E-state index is -0.898. The number of hydrogen-bond donors (Lipinski definition) is 1. The average Bonchev–Trinajstić information content (AvgIpc) is 3.16. The van der Waals surface area contributed by atoms with Crippen molar-refractivity contribution in [3.63, 3.8) is 0 Å². The van der Waals surface area contributed by atoms with Crippen molar-refractivity contribution in [3.8, 4) is 5.75 Å². The summed E-state index contributed by atoms with van der Waals surface area (Å²) in [4.78, 5) is 24.8. The van der Waals surface area contributed by atoms with Gasteiger partial charge in [-0.15, -0.1) is 0 Å². The molecule has 0 spiro atoms. The summed E-state index contributed by atoms with van der Waals surface area (Å²) in [5.74, 6) is -0.523. The second-order valence-electron chi connectivity index (χ2n) is 8.13. The van der Waals surface area contributed by atoms with Gasteiger partial charge in [-0.2, -0.15) is 0 Å². The summed E-state index contributed by atoms with van der Waals surface area (Å²) in [6.07, 6.45) is 2.81. The van der Waals surface area contributed by atoms with E-state index in [0.717, 1.165) is 30.3 Å². The van der Waals surface area contributed by atoms with Gasteiger partial charge in [0.15, 0.2) is 0 Å². The maximum atomic E-state index is 13.5. The number of hydrogen-bond acceptors (Lipinski definition) is 3. The Morgan fingerprint density at radius 2 is 1.67 bits per heavy atom. The van der Waals surface area contributed by atoms with Crippen molar-refractivity contribution in [1.29, 1.82) is 0 Å². The van der Waals surface area contributed by atoms with Crippen LogP contribution >= 0.6 is 0 Å². The van der Waals surface area contributed by atoms with E-state index >= 15 is 0 Å². The standard InChI is InChI=1S/C28H27NO4/c1-20-18-24-22(19-27(30)31)13-9-15-25(24)29(20)28(32)23-14-5-6-16-26(23)33-17-8-7-12-21-10-3-2-4-11-21/h2-6,9-11,13-16,18H,7-8,12,17,19H2,1H3,(H,30,31). The van der Waals surface area contributed by atoms with Crippen LogP contribution in [0.25, 0.3) is 10.9 Å². The first-order valence-corrected chi connectivity index (χ1v) is 11.2. The number of aryl methyl sites for hydroxylation is 2. The molecule has 0 bridgehead atoms. The van der Waals surface area contributed by atoms with Gasteiger partial charge in [-0.25, -0.2) is 0 Å². The third kappa shape index (κ3) is 5.14. The van der Waals surface area contributed by atoms with Crippen LogP contribution in [0.4, 0.5) is 0 Å². The lowest BCUT2D eigenvalue weighted by Crippen LogP contribution is -2.15. The number of unbranched alkanes of at least 4 members (excludes halogenated alkanes) is 1. The number of ether oxygens (including phenoxy) is 1. The quantitative estimate of drug-likeness (QED) is 0.340. The molecule has 4 aromatic rings. The lowest BCUT2D eigenvalue weighted by atomic mass is 10.1. The summed E-state index contributed by atoms with van der Waals surface area (Å²) in [6, 6.07) is 24.9. The Balaban J connectivity index is 1.51. The van der Waals surface area contributed by atoms with Gasteiger partial charge in [0, 0.05) is 11.1 Å². The first kappa shape index (κ1) is 22.3. The van der Waals surface area contributed by atoms with Gasteiger partial charge in [0.2, 0.25) is 0 Å². The number of aromatic nitrogens is 1. The first-order valence-electron chi connectivity index (χ1n) is 11.2. The van der Waals surface area contributed by atoms with E-state index in [9.17, 15) is 14.7 Å². The SMILES string of the molecule is Cc1cc2c(CC(=O)O)cccc2n1C(=O)c1ccccc1OCCCCc1ccccc1. The summed E-state index contributed by atoms with van der Waals surface area (Å²) in [6.45, 7) is 2.39. The van der Waals surface area contributed by atoms with Crippen molar-refractivity contribution in [2.45, 2.75) is 32.6 Å². The smallest absolute Gasteiger partial charge is 0.307 e. The summed E-state index contributed by atoms with van der Waals surface area (Å²) in [5, 5.41) is 10.0. The van der Waals surface area contributed by atoms with Crippen LogP contribution in [-0.2, 0) is 17.6 Å². The van der Waals surface area contributed by atoms with E-state index in [2.05, 4.69) is 12.1 Å². The van der Waals surface area contributed by atoms with Crippen LogP contribution < -0.4 is 4.74 Å². The molecule has 5 nitrogen and oxygen atoms in total. The van der Waals surface area contributed by atoms with Gasteiger partial charge >= 0.3 is 5.97 Å². The number of benzene rings is 3. The normalized spacial score (nSPS) is 10.9. The lowest BCUT2D eigenvalue weighted by molar-refractivity contribution is -0.136. The van der Waals surface area contributed by atoms with Crippen LogP contribution in [0, 0.1) is 6.92 Å². The Labute approximate surface area is 193 Å². The minimum Gasteiger partial charge on any atom is -0.493 e. The molecule has 0 atom stereocenters. The van der Waals surface area contributed by atoms with E-state index in [1.807, 2.05) is 55.5 Å². The highest BCUT2D eigenvalue weighted by atomic mass is 16.5. The van der Waals surface area contributed by atoms with E-state index in [1.54, 1.807) is 22.8 Å². The highest BCUT2D eigenvalue weighted by molar-refractivity contribution is 6.05. The molecule has 168 valence electrons. The van der Waals surface area contributed by atoms with Gasteiger partial charge in [-0.05, 0) is 61.6 Å². The molecule has 1 N–H and O–H groups in total. The average molecular weight is 442 g/mol. The molecule has 0 saturated carbocycles. The molecule has 0 amide bonds. The van der Waals surface area contributed by atoms with E-state index in [1.165, 1.54) is 5.56 Å². The summed E-state index contributed by atoms with van der Waals surface area (Å²) < 4.78 is 7.65. The fraction of sp³-hybridized carbons (Fsp3) is 0.214. The zero-order valence-electron chi connectivity index (χ0n) is 18.7. The van der Waals surface area contributed by atoms with Gasteiger partial charge in [0.05, 0.1) is 24.1 Å². The third-order valence-electron chi connectivity index (χ3n) is 5.74. The maximum Gasteiger partial charge on any atom is 0.307 e. The fourth-order valence-corrected chi connectivity index (χ4v) is 4.16. The Morgan fingerprint density at radius 1 is 0.909 bits per heavy atom. The van der Waals surface area contributed by atoms with Gasteiger partial charge in [0.1, 0.15) is 5.75 Å². The summed E-state index contributed by atoms with van der Waals surface area (Å²) in [5.41, 5.74) is 3.95. The zero-order chi connectivity index (χ0) is 23.2. The Morgan fingerprint density at radius 3 is 2.45 bits per heavy atom. The molecule has 0 fully saturated rings. The molecule has 33 heavy (non-hydrogen) atoms. The molecular formula is C28H27NO4. The van der Waals surface area contributed by atoms with Crippen LogP contribution in [0.3, 0.4) is 0 Å². The highest BCUT2D eigenvalue weighted by Gasteiger charge is 2.20. The number of rotatable bonds is 9. The van der Waals surface area contributed by atoms with E-state index in [4.69, 9.17) is 4.74 Å². The molecule has 0 aliphatic rings. The van der Waals surface area contributed by atoms with Crippen LogP contribution in [-0.4, -0.2) is 28.2 Å². The number of nitrogens with zero attached hydrogens (tertiary/aromatic N) is 1. The molecule has 1 heterocycles. The summed E-state index contributed by atoms with van der Waals surface area (Å²) >= 11 is 0. The number of carboxylic acid groups (broad SMARTS) is 1. The number of carbonyl (C=O) groups excluding carboxylic acids is 1. The number of aliphatic carboxylic acids is 1. The second-order valence-corrected chi connectivity index (χ2v) is 8.13. The van der Waals surface area contributed by atoms with Gasteiger partial charge in [-0.3, -0.25) is 14.2 Å².